The quantitative estimate of drug-likeness (QED) is 0.838. The second-order valence-corrected chi connectivity index (χ2v) is 5.57. The van der Waals surface area contributed by atoms with Crippen LogP contribution in [0.3, 0.4) is 0 Å². The topological polar surface area (TPSA) is 42.0 Å². The molecule has 1 saturated heterocycles. The Morgan fingerprint density at radius 2 is 2.26 bits per heavy atom. The van der Waals surface area contributed by atoms with E-state index in [0.717, 1.165) is 42.3 Å². The number of benzene rings is 1. The Morgan fingerprint density at radius 1 is 1.37 bits per heavy atom. The third-order valence-corrected chi connectivity index (χ3v) is 4.07. The van der Waals surface area contributed by atoms with Crippen LogP contribution in [0.1, 0.15) is 30.1 Å². The molecule has 1 aliphatic heterocycles. The predicted octanol–water partition coefficient (Wildman–Crippen LogP) is 2.81. The highest BCUT2D eigenvalue weighted by Gasteiger charge is 2.35. The van der Waals surface area contributed by atoms with E-state index in [-0.39, 0.29) is 11.2 Å². The number of Topliss-reactive ketones (excluding diaryl/α,β-unsaturated/α-hetero) is 1. The smallest absolute Gasteiger partial charge is 0.170 e. The molecule has 0 aliphatic carbocycles. The van der Waals surface area contributed by atoms with Crippen LogP contribution in [0.25, 0.3) is 10.8 Å². The van der Waals surface area contributed by atoms with Crippen LogP contribution in [0.5, 0.6) is 0 Å². The molecule has 1 atom stereocenters. The van der Waals surface area contributed by atoms with Crippen LogP contribution in [0.15, 0.2) is 36.7 Å². The van der Waals surface area contributed by atoms with Crippen molar-refractivity contribution in [1.29, 1.82) is 0 Å². The highest BCUT2D eigenvalue weighted by Crippen LogP contribution is 2.32. The molecule has 1 unspecified atom stereocenters. The van der Waals surface area contributed by atoms with E-state index in [1.807, 2.05) is 30.5 Å². The van der Waals surface area contributed by atoms with Crippen molar-refractivity contribution < 1.29 is 4.79 Å². The molecule has 2 heterocycles. The van der Waals surface area contributed by atoms with E-state index >= 15 is 0 Å². The number of ketones is 1. The minimum Gasteiger partial charge on any atom is -0.316 e. The molecular weight excluding hydrogens is 236 g/mol. The number of rotatable bonds is 2. The SMILES string of the molecule is CC1(C(=O)c2cccc3cnccc23)CCCNC1. The lowest BCUT2D eigenvalue weighted by molar-refractivity contribution is 0.0775. The van der Waals surface area contributed by atoms with Gasteiger partial charge in [0.05, 0.1) is 0 Å². The van der Waals surface area contributed by atoms with Crippen LogP contribution in [0, 0.1) is 5.41 Å². The standard InChI is InChI=1S/C16H18N2O/c1-16(7-3-8-18-11-16)15(19)14-5-2-4-12-10-17-9-6-13(12)14/h2,4-6,9-10,18H,3,7-8,11H2,1H3. The third-order valence-electron chi connectivity index (χ3n) is 4.07. The number of aromatic nitrogens is 1. The van der Waals surface area contributed by atoms with Gasteiger partial charge in [-0.25, -0.2) is 0 Å². The summed E-state index contributed by atoms with van der Waals surface area (Å²) >= 11 is 0. The second kappa shape index (κ2) is 4.74. The zero-order valence-corrected chi connectivity index (χ0v) is 11.1. The molecule has 0 bridgehead atoms. The molecule has 3 nitrogen and oxygen atoms in total. The van der Waals surface area contributed by atoms with Crippen molar-refractivity contribution in [1.82, 2.24) is 10.3 Å². The van der Waals surface area contributed by atoms with Gasteiger partial charge in [-0.2, -0.15) is 0 Å². The van der Waals surface area contributed by atoms with Crippen molar-refractivity contribution >= 4 is 16.6 Å². The maximum Gasteiger partial charge on any atom is 0.170 e. The van der Waals surface area contributed by atoms with Crippen LogP contribution >= 0.6 is 0 Å². The Morgan fingerprint density at radius 3 is 3.05 bits per heavy atom. The van der Waals surface area contributed by atoms with E-state index in [1.165, 1.54) is 0 Å². The number of piperidine rings is 1. The first kappa shape index (κ1) is 12.3. The van der Waals surface area contributed by atoms with Crippen LogP contribution in [-0.4, -0.2) is 23.9 Å². The molecule has 2 aromatic rings. The number of carbonyl (C=O) groups excluding carboxylic acids is 1. The maximum atomic E-state index is 12.9. The lowest BCUT2D eigenvalue weighted by Crippen LogP contribution is -2.43. The van der Waals surface area contributed by atoms with Gasteiger partial charge >= 0.3 is 0 Å². The number of fused-ring (bicyclic) bond motifs is 1. The van der Waals surface area contributed by atoms with E-state index in [4.69, 9.17) is 0 Å². The van der Waals surface area contributed by atoms with Gasteiger partial charge in [-0.05, 0) is 30.8 Å². The number of hydrogen-bond donors (Lipinski definition) is 1. The fraction of sp³-hybridized carbons (Fsp3) is 0.375. The Bertz CT molecular complexity index is 610. The zero-order chi connectivity index (χ0) is 13.3. The monoisotopic (exact) mass is 254 g/mol. The van der Waals surface area contributed by atoms with Crippen molar-refractivity contribution in [3.8, 4) is 0 Å². The molecule has 1 N–H and O–H groups in total. The molecule has 1 aliphatic rings. The first-order valence-corrected chi connectivity index (χ1v) is 6.79. The molecule has 0 saturated carbocycles. The molecule has 0 radical (unpaired) electrons. The minimum atomic E-state index is -0.282. The molecule has 3 rings (SSSR count). The number of hydrogen-bond acceptors (Lipinski definition) is 3. The third kappa shape index (κ3) is 2.15. The number of carbonyl (C=O) groups is 1. The lowest BCUT2D eigenvalue weighted by atomic mass is 9.76. The predicted molar refractivity (Wildman–Crippen MR) is 76.3 cm³/mol. The van der Waals surface area contributed by atoms with E-state index in [2.05, 4.69) is 17.2 Å². The second-order valence-electron chi connectivity index (χ2n) is 5.57. The van der Waals surface area contributed by atoms with E-state index < -0.39 is 0 Å². The van der Waals surface area contributed by atoms with Crippen molar-refractivity contribution in [2.24, 2.45) is 5.41 Å². The fourth-order valence-corrected chi connectivity index (χ4v) is 2.90. The first-order valence-electron chi connectivity index (χ1n) is 6.79. The summed E-state index contributed by atoms with van der Waals surface area (Å²) in [5.41, 5.74) is 0.543. The van der Waals surface area contributed by atoms with Gasteiger partial charge in [-0.1, -0.05) is 25.1 Å². The molecule has 0 amide bonds. The molecule has 19 heavy (non-hydrogen) atoms. The molecule has 1 aromatic heterocycles. The number of pyridine rings is 1. The summed E-state index contributed by atoms with van der Waals surface area (Å²) in [5, 5.41) is 5.38. The van der Waals surface area contributed by atoms with E-state index in [9.17, 15) is 4.79 Å². The van der Waals surface area contributed by atoms with Gasteiger partial charge in [0, 0.05) is 35.3 Å². The Kier molecular flexibility index (Phi) is 3.07. The van der Waals surface area contributed by atoms with Crippen molar-refractivity contribution in [2.45, 2.75) is 19.8 Å². The van der Waals surface area contributed by atoms with Gasteiger partial charge in [0.25, 0.3) is 0 Å². The summed E-state index contributed by atoms with van der Waals surface area (Å²) in [4.78, 5) is 17.0. The van der Waals surface area contributed by atoms with Gasteiger partial charge in [0.1, 0.15) is 0 Å². The van der Waals surface area contributed by atoms with Crippen LogP contribution in [0.2, 0.25) is 0 Å². The van der Waals surface area contributed by atoms with E-state index in [1.54, 1.807) is 6.20 Å². The summed E-state index contributed by atoms with van der Waals surface area (Å²) in [6, 6.07) is 7.81. The summed E-state index contributed by atoms with van der Waals surface area (Å²) < 4.78 is 0. The minimum absolute atomic E-state index is 0.247. The van der Waals surface area contributed by atoms with Gasteiger partial charge in [-0.15, -0.1) is 0 Å². The highest BCUT2D eigenvalue weighted by molar-refractivity contribution is 6.10. The highest BCUT2D eigenvalue weighted by atomic mass is 16.1. The molecule has 98 valence electrons. The summed E-state index contributed by atoms with van der Waals surface area (Å²) in [5.74, 6) is 0.247. The number of nitrogens with one attached hydrogen (secondary N) is 1. The van der Waals surface area contributed by atoms with Crippen LogP contribution in [-0.2, 0) is 0 Å². The normalized spacial score (nSPS) is 23.4. The maximum absolute atomic E-state index is 12.9. The average Bonchev–Trinajstić information content (AvgIpc) is 2.47. The zero-order valence-electron chi connectivity index (χ0n) is 11.1. The lowest BCUT2D eigenvalue weighted by Gasteiger charge is -2.33. The van der Waals surface area contributed by atoms with Gasteiger partial charge < -0.3 is 5.32 Å². The Balaban J connectivity index is 2.06. The molecule has 0 spiro atoms. The summed E-state index contributed by atoms with van der Waals surface area (Å²) in [6.07, 6.45) is 5.59. The molecule has 3 heteroatoms. The average molecular weight is 254 g/mol. The van der Waals surface area contributed by atoms with E-state index in [0.29, 0.717) is 0 Å². The van der Waals surface area contributed by atoms with Gasteiger partial charge in [0.2, 0.25) is 0 Å². The molecular formula is C16H18N2O. The van der Waals surface area contributed by atoms with Crippen LogP contribution in [0.4, 0.5) is 0 Å². The Hall–Kier alpha value is -1.74. The summed E-state index contributed by atoms with van der Waals surface area (Å²) in [7, 11) is 0. The Labute approximate surface area is 113 Å². The molecule has 1 aromatic carbocycles. The van der Waals surface area contributed by atoms with Crippen molar-refractivity contribution in [2.75, 3.05) is 13.1 Å². The number of nitrogens with zero attached hydrogens (tertiary/aromatic N) is 1. The molecule has 1 fully saturated rings. The summed E-state index contributed by atoms with van der Waals surface area (Å²) in [6.45, 7) is 3.86. The van der Waals surface area contributed by atoms with Crippen LogP contribution < -0.4 is 5.32 Å². The van der Waals surface area contributed by atoms with Gasteiger partial charge in [-0.3, -0.25) is 9.78 Å². The fourth-order valence-electron chi connectivity index (χ4n) is 2.90. The van der Waals surface area contributed by atoms with Crippen molar-refractivity contribution in [3.05, 3.63) is 42.2 Å². The van der Waals surface area contributed by atoms with Gasteiger partial charge in [0.15, 0.2) is 5.78 Å². The first-order chi connectivity index (χ1) is 9.21. The largest absolute Gasteiger partial charge is 0.316 e. The van der Waals surface area contributed by atoms with Crippen molar-refractivity contribution in [3.63, 3.8) is 0 Å².